The summed E-state index contributed by atoms with van der Waals surface area (Å²) in [6, 6.07) is 0. The second kappa shape index (κ2) is 4.99. The van der Waals surface area contributed by atoms with E-state index in [4.69, 9.17) is 17.1 Å². The summed E-state index contributed by atoms with van der Waals surface area (Å²) in [4.78, 5) is 2.14. The van der Waals surface area contributed by atoms with Crippen molar-refractivity contribution in [2.75, 3.05) is 32.7 Å². The fourth-order valence-electron chi connectivity index (χ4n) is 1.39. The van der Waals surface area contributed by atoms with Gasteiger partial charge in [-0.25, -0.2) is 0 Å². The van der Waals surface area contributed by atoms with Crippen LogP contribution in [0, 0.1) is 12.3 Å². The van der Waals surface area contributed by atoms with Gasteiger partial charge in [-0.2, -0.15) is 12.7 Å². The van der Waals surface area contributed by atoms with E-state index < -0.39 is 9.24 Å². The SMILES string of the molecule is C#CCCN1CCN(S(=O)(=O)Cl)CC1. The van der Waals surface area contributed by atoms with Crippen molar-refractivity contribution >= 4 is 19.9 Å². The molecule has 1 saturated heterocycles. The quantitative estimate of drug-likeness (QED) is 0.516. The third kappa shape index (κ3) is 3.46. The summed E-state index contributed by atoms with van der Waals surface area (Å²) in [5.74, 6) is 2.56. The first-order valence-corrected chi connectivity index (χ1v) is 6.66. The molecule has 0 bridgehead atoms. The molecule has 0 amide bonds. The van der Waals surface area contributed by atoms with E-state index in [-0.39, 0.29) is 0 Å². The van der Waals surface area contributed by atoms with Crippen LogP contribution < -0.4 is 0 Å². The van der Waals surface area contributed by atoms with E-state index in [1.165, 1.54) is 4.31 Å². The highest BCUT2D eigenvalue weighted by Gasteiger charge is 2.24. The molecule has 80 valence electrons. The Labute approximate surface area is 89.4 Å². The van der Waals surface area contributed by atoms with Crippen molar-refractivity contribution in [1.29, 1.82) is 0 Å². The van der Waals surface area contributed by atoms with Crippen LogP contribution in [0.25, 0.3) is 0 Å². The minimum absolute atomic E-state index is 0.455. The van der Waals surface area contributed by atoms with Crippen molar-refractivity contribution in [1.82, 2.24) is 9.21 Å². The third-order valence-electron chi connectivity index (χ3n) is 2.21. The standard InChI is InChI=1S/C8H13ClN2O2S/c1-2-3-4-10-5-7-11(8-6-10)14(9,12)13/h1H,3-8H2. The van der Waals surface area contributed by atoms with Gasteiger partial charge >= 0.3 is 0 Å². The zero-order valence-corrected chi connectivity index (χ0v) is 9.39. The number of hydrogen-bond acceptors (Lipinski definition) is 3. The summed E-state index contributed by atoms with van der Waals surface area (Å²) in [5.41, 5.74) is 0. The van der Waals surface area contributed by atoms with Crippen molar-refractivity contribution in [2.45, 2.75) is 6.42 Å². The number of rotatable bonds is 3. The first-order chi connectivity index (χ1) is 6.54. The lowest BCUT2D eigenvalue weighted by Gasteiger charge is -2.31. The largest absolute Gasteiger partial charge is 0.300 e. The maximum Gasteiger partial charge on any atom is 0.299 e. The van der Waals surface area contributed by atoms with E-state index in [1.807, 2.05) is 0 Å². The molecule has 1 aliphatic rings. The molecule has 1 heterocycles. The van der Waals surface area contributed by atoms with E-state index in [1.54, 1.807) is 0 Å². The first-order valence-electron chi connectivity index (χ1n) is 4.39. The highest BCUT2D eigenvalue weighted by atomic mass is 35.7. The molecule has 1 rings (SSSR count). The van der Waals surface area contributed by atoms with Crippen LogP contribution in [0.2, 0.25) is 0 Å². The van der Waals surface area contributed by atoms with Crippen molar-refractivity contribution in [3.63, 3.8) is 0 Å². The lowest BCUT2D eigenvalue weighted by Crippen LogP contribution is -2.47. The van der Waals surface area contributed by atoms with Gasteiger partial charge in [0, 0.05) is 49.8 Å². The molecule has 0 spiro atoms. The van der Waals surface area contributed by atoms with Gasteiger partial charge in [0.15, 0.2) is 0 Å². The maximum absolute atomic E-state index is 10.9. The summed E-state index contributed by atoms with van der Waals surface area (Å²) in [6.07, 6.45) is 5.84. The van der Waals surface area contributed by atoms with Gasteiger partial charge < -0.3 is 0 Å². The first kappa shape index (κ1) is 11.8. The molecule has 0 aliphatic carbocycles. The van der Waals surface area contributed by atoms with Crippen LogP contribution in [-0.2, 0) is 9.24 Å². The minimum Gasteiger partial charge on any atom is -0.300 e. The van der Waals surface area contributed by atoms with Crippen LogP contribution in [0.3, 0.4) is 0 Å². The van der Waals surface area contributed by atoms with Crippen molar-refractivity contribution < 1.29 is 8.42 Å². The summed E-state index contributed by atoms with van der Waals surface area (Å²) in [5, 5.41) is 0. The average molecular weight is 237 g/mol. The second-order valence-electron chi connectivity index (χ2n) is 3.14. The second-order valence-corrected chi connectivity index (χ2v) is 5.65. The predicted molar refractivity (Wildman–Crippen MR) is 56.2 cm³/mol. The Bertz CT molecular complexity index is 315. The van der Waals surface area contributed by atoms with Crippen LogP contribution in [0.5, 0.6) is 0 Å². The lowest BCUT2D eigenvalue weighted by atomic mass is 10.3. The summed E-state index contributed by atoms with van der Waals surface area (Å²) < 4.78 is 23.2. The van der Waals surface area contributed by atoms with Crippen LogP contribution in [0.1, 0.15) is 6.42 Å². The van der Waals surface area contributed by atoms with E-state index in [0.717, 1.165) is 6.54 Å². The summed E-state index contributed by atoms with van der Waals surface area (Å²) >= 11 is 0. The Morgan fingerprint density at radius 1 is 1.29 bits per heavy atom. The number of halogens is 1. The van der Waals surface area contributed by atoms with Crippen LogP contribution in [0.15, 0.2) is 0 Å². The normalized spacial score (nSPS) is 20.6. The molecule has 1 fully saturated rings. The molecular weight excluding hydrogens is 224 g/mol. The summed E-state index contributed by atoms with van der Waals surface area (Å²) in [7, 11) is 1.68. The molecule has 4 nitrogen and oxygen atoms in total. The Kier molecular flexibility index (Phi) is 4.20. The Morgan fingerprint density at radius 2 is 1.86 bits per heavy atom. The van der Waals surface area contributed by atoms with Crippen molar-refractivity contribution in [2.24, 2.45) is 0 Å². The zero-order valence-electron chi connectivity index (χ0n) is 7.82. The molecule has 0 unspecified atom stereocenters. The molecule has 6 heteroatoms. The zero-order chi connectivity index (χ0) is 10.6. The smallest absolute Gasteiger partial charge is 0.299 e. The molecule has 0 aromatic rings. The topological polar surface area (TPSA) is 40.6 Å². The van der Waals surface area contributed by atoms with Gasteiger partial charge in [0.25, 0.3) is 9.24 Å². The highest BCUT2D eigenvalue weighted by Crippen LogP contribution is 2.10. The van der Waals surface area contributed by atoms with E-state index in [9.17, 15) is 8.42 Å². The minimum atomic E-state index is -3.53. The van der Waals surface area contributed by atoms with Crippen molar-refractivity contribution in [3.8, 4) is 12.3 Å². The van der Waals surface area contributed by atoms with Gasteiger partial charge in [-0.1, -0.05) is 0 Å². The van der Waals surface area contributed by atoms with Gasteiger partial charge in [-0.15, -0.1) is 12.3 Å². The van der Waals surface area contributed by atoms with Crippen LogP contribution in [0.4, 0.5) is 0 Å². The van der Waals surface area contributed by atoms with Gasteiger partial charge in [0.1, 0.15) is 0 Å². The molecule has 0 radical (unpaired) electrons. The Balaban J connectivity index is 2.36. The maximum atomic E-state index is 10.9. The molecule has 0 saturated carbocycles. The van der Waals surface area contributed by atoms with E-state index >= 15 is 0 Å². The molecule has 1 aliphatic heterocycles. The predicted octanol–water partition coefficient (Wildman–Crippen LogP) is 0.111. The number of terminal acetylenes is 1. The Morgan fingerprint density at radius 3 is 2.29 bits per heavy atom. The number of hydrogen-bond donors (Lipinski definition) is 0. The van der Waals surface area contributed by atoms with Crippen LogP contribution >= 0.6 is 10.7 Å². The molecular formula is C8H13ClN2O2S. The monoisotopic (exact) mass is 236 g/mol. The number of nitrogens with zero attached hydrogens (tertiary/aromatic N) is 2. The molecule has 0 aromatic heterocycles. The molecule has 0 aromatic carbocycles. The van der Waals surface area contributed by atoms with E-state index in [0.29, 0.717) is 32.6 Å². The van der Waals surface area contributed by atoms with Crippen molar-refractivity contribution in [3.05, 3.63) is 0 Å². The van der Waals surface area contributed by atoms with E-state index in [2.05, 4.69) is 10.8 Å². The lowest BCUT2D eigenvalue weighted by molar-refractivity contribution is 0.193. The third-order valence-corrected chi connectivity index (χ3v) is 3.78. The average Bonchev–Trinajstić information content (AvgIpc) is 2.14. The van der Waals surface area contributed by atoms with Gasteiger partial charge in [0.2, 0.25) is 0 Å². The van der Waals surface area contributed by atoms with Gasteiger partial charge in [-0.05, 0) is 0 Å². The molecule has 0 N–H and O–H groups in total. The molecule has 0 atom stereocenters. The highest BCUT2D eigenvalue weighted by molar-refractivity contribution is 8.11. The van der Waals surface area contributed by atoms with Gasteiger partial charge in [0.05, 0.1) is 0 Å². The van der Waals surface area contributed by atoms with Crippen LogP contribution in [-0.4, -0.2) is 50.3 Å². The Hall–Kier alpha value is -0.280. The van der Waals surface area contributed by atoms with Gasteiger partial charge in [-0.3, -0.25) is 4.90 Å². The number of piperazine rings is 1. The fourth-order valence-corrected chi connectivity index (χ4v) is 2.41. The molecule has 14 heavy (non-hydrogen) atoms. The summed E-state index contributed by atoms with van der Waals surface area (Å²) in [6.45, 7) is 3.14. The fraction of sp³-hybridized carbons (Fsp3) is 0.750.